The Hall–Kier alpha value is -2.78. The lowest BCUT2D eigenvalue weighted by molar-refractivity contribution is 0.0620. The summed E-state index contributed by atoms with van der Waals surface area (Å²) in [5.41, 5.74) is 2.75. The maximum Gasteiger partial charge on any atom is 0.261 e. The van der Waals surface area contributed by atoms with Gasteiger partial charge in [0.25, 0.3) is 17.7 Å². The third-order valence-electron chi connectivity index (χ3n) is 7.25. The van der Waals surface area contributed by atoms with Crippen LogP contribution in [-0.2, 0) is 7.05 Å². The Kier molecular flexibility index (Phi) is 7.12. The van der Waals surface area contributed by atoms with E-state index < -0.39 is 0 Å². The number of imide groups is 1. The van der Waals surface area contributed by atoms with Crippen molar-refractivity contribution in [2.45, 2.75) is 51.5 Å². The van der Waals surface area contributed by atoms with Crippen molar-refractivity contribution in [1.82, 2.24) is 20.0 Å². The second-order valence-corrected chi connectivity index (χ2v) is 11.8. The van der Waals surface area contributed by atoms with Crippen LogP contribution in [-0.4, -0.2) is 45.0 Å². The molecule has 0 saturated heterocycles. The maximum absolute atomic E-state index is 13.4. The molecule has 1 atom stereocenters. The molecule has 0 bridgehead atoms. The summed E-state index contributed by atoms with van der Waals surface area (Å²) in [6.45, 7) is 2.17. The van der Waals surface area contributed by atoms with Gasteiger partial charge in [-0.15, -0.1) is 11.3 Å². The van der Waals surface area contributed by atoms with Gasteiger partial charge < -0.3 is 5.32 Å². The van der Waals surface area contributed by atoms with Crippen molar-refractivity contribution >= 4 is 45.0 Å². The number of amides is 3. The molecule has 3 amide bonds. The van der Waals surface area contributed by atoms with Crippen LogP contribution >= 0.6 is 27.3 Å². The van der Waals surface area contributed by atoms with Gasteiger partial charge >= 0.3 is 0 Å². The van der Waals surface area contributed by atoms with E-state index in [0.29, 0.717) is 21.9 Å². The Labute approximate surface area is 223 Å². The zero-order valence-corrected chi connectivity index (χ0v) is 22.8. The predicted octanol–water partition coefficient (Wildman–Crippen LogP) is 5.58. The van der Waals surface area contributed by atoms with E-state index in [1.807, 2.05) is 20.0 Å². The minimum absolute atomic E-state index is 0.176. The fraction of sp³-hybridized carbons (Fsp3) is 0.407. The van der Waals surface area contributed by atoms with Crippen LogP contribution in [0.5, 0.6) is 0 Å². The standard InChI is InChI=1S/C27H29BrN4O3S/c1-16-21(24-22(28)14-29-31(24)2)13-23(36-16)25(33)30-18(12-17-8-4-3-5-9-17)15-32-26(34)19-10-6-7-11-20(19)27(32)35/h6-7,10-11,13-14,17-18H,3-5,8-9,12,15H2,1-2H3,(H,30,33). The number of aromatic nitrogens is 2. The van der Waals surface area contributed by atoms with Gasteiger partial charge in [-0.3, -0.25) is 24.0 Å². The van der Waals surface area contributed by atoms with Crippen LogP contribution < -0.4 is 5.32 Å². The van der Waals surface area contributed by atoms with Crippen molar-refractivity contribution in [3.05, 3.63) is 61.9 Å². The first kappa shape index (κ1) is 24.9. The average Bonchev–Trinajstić information content (AvgIpc) is 3.49. The number of rotatable bonds is 7. The number of carbonyl (C=O) groups is 3. The Morgan fingerprint density at radius 2 is 1.81 bits per heavy atom. The van der Waals surface area contributed by atoms with Gasteiger partial charge in [-0.25, -0.2) is 0 Å². The van der Waals surface area contributed by atoms with Crippen LogP contribution in [0.4, 0.5) is 0 Å². The summed E-state index contributed by atoms with van der Waals surface area (Å²) < 4.78 is 2.66. The van der Waals surface area contributed by atoms with Gasteiger partial charge in [-0.2, -0.15) is 5.10 Å². The van der Waals surface area contributed by atoms with Gasteiger partial charge in [-0.05, 0) is 53.4 Å². The first-order chi connectivity index (χ1) is 17.3. The molecule has 0 spiro atoms. The molecule has 2 aromatic heterocycles. The van der Waals surface area contributed by atoms with Crippen LogP contribution in [0, 0.1) is 12.8 Å². The lowest BCUT2D eigenvalue weighted by Gasteiger charge is -2.29. The van der Waals surface area contributed by atoms with Gasteiger partial charge in [0, 0.05) is 30.1 Å². The molecule has 1 unspecified atom stereocenters. The number of nitrogens with zero attached hydrogens (tertiary/aromatic N) is 3. The van der Waals surface area contributed by atoms with Crippen molar-refractivity contribution in [2.24, 2.45) is 13.0 Å². The molecule has 1 aliphatic heterocycles. The third-order valence-corrected chi connectivity index (χ3v) is 8.88. The Bertz CT molecular complexity index is 1270. The molecule has 2 aliphatic rings. The number of benzene rings is 1. The number of halogens is 1. The molecular formula is C27H29BrN4O3S. The van der Waals surface area contributed by atoms with Crippen LogP contribution in [0.25, 0.3) is 11.3 Å². The van der Waals surface area contributed by atoms with Crippen molar-refractivity contribution in [3.8, 4) is 11.3 Å². The van der Waals surface area contributed by atoms with Crippen molar-refractivity contribution in [2.75, 3.05) is 6.54 Å². The molecule has 5 rings (SSSR count). The number of hydrogen-bond donors (Lipinski definition) is 1. The number of carbonyl (C=O) groups excluding carboxylic acids is 3. The highest BCUT2D eigenvalue weighted by Gasteiger charge is 2.37. The lowest BCUT2D eigenvalue weighted by Crippen LogP contribution is -2.46. The summed E-state index contributed by atoms with van der Waals surface area (Å²) in [4.78, 5) is 42.4. The number of nitrogens with one attached hydrogen (secondary N) is 1. The van der Waals surface area contributed by atoms with Gasteiger partial charge in [0.15, 0.2) is 0 Å². The fourth-order valence-electron chi connectivity index (χ4n) is 5.43. The highest BCUT2D eigenvalue weighted by Crippen LogP contribution is 2.35. The smallest absolute Gasteiger partial charge is 0.261 e. The highest BCUT2D eigenvalue weighted by molar-refractivity contribution is 9.10. The minimum atomic E-state index is -0.308. The minimum Gasteiger partial charge on any atom is -0.347 e. The molecule has 3 aromatic rings. The predicted molar refractivity (Wildman–Crippen MR) is 143 cm³/mol. The molecule has 36 heavy (non-hydrogen) atoms. The second-order valence-electron chi connectivity index (χ2n) is 9.72. The largest absolute Gasteiger partial charge is 0.347 e. The summed E-state index contributed by atoms with van der Waals surface area (Å²) in [6, 6.07) is 8.51. The number of thiophene rings is 1. The quantitative estimate of drug-likeness (QED) is 0.377. The first-order valence-corrected chi connectivity index (χ1v) is 14.0. The van der Waals surface area contributed by atoms with Gasteiger partial charge in [-0.1, -0.05) is 44.2 Å². The van der Waals surface area contributed by atoms with E-state index in [4.69, 9.17) is 0 Å². The Balaban J connectivity index is 1.37. The van der Waals surface area contributed by atoms with Crippen LogP contribution in [0.1, 0.15) is 73.8 Å². The monoisotopic (exact) mass is 568 g/mol. The Morgan fingerprint density at radius 3 is 2.42 bits per heavy atom. The zero-order chi connectivity index (χ0) is 25.4. The molecule has 1 N–H and O–H groups in total. The van der Waals surface area contributed by atoms with E-state index in [2.05, 4.69) is 26.3 Å². The Morgan fingerprint density at radius 1 is 1.14 bits per heavy atom. The molecular weight excluding hydrogens is 540 g/mol. The molecule has 1 saturated carbocycles. The molecule has 3 heterocycles. The van der Waals surface area contributed by atoms with Gasteiger partial charge in [0.1, 0.15) is 0 Å². The highest BCUT2D eigenvalue weighted by atomic mass is 79.9. The van der Waals surface area contributed by atoms with E-state index in [1.54, 1.807) is 35.1 Å². The number of fused-ring (bicyclic) bond motifs is 1. The topological polar surface area (TPSA) is 84.3 Å². The summed E-state index contributed by atoms with van der Waals surface area (Å²) in [7, 11) is 1.87. The van der Waals surface area contributed by atoms with Gasteiger partial charge in [0.05, 0.1) is 32.4 Å². The molecule has 9 heteroatoms. The molecule has 1 aromatic carbocycles. The van der Waals surface area contributed by atoms with E-state index in [-0.39, 0.29) is 30.3 Å². The van der Waals surface area contributed by atoms with Crippen molar-refractivity contribution in [1.29, 1.82) is 0 Å². The SMILES string of the molecule is Cc1sc(C(=O)NC(CC2CCCCC2)CN2C(=O)c3ccccc3C2=O)cc1-c1c(Br)cnn1C. The maximum atomic E-state index is 13.4. The molecule has 7 nitrogen and oxygen atoms in total. The molecule has 1 aliphatic carbocycles. The third kappa shape index (κ3) is 4.78. The van der Waals surface area contributed by atoms with E-state index in [0.717, 1.165) is 39.9 Å². The first-order valence-electron chi connectivity index (χ1n) is 12.4. The summed E-state index contributed by atoms with van der Waals surface area (Å²) in [5.74, 6) is -0.266. The lowest BCUT2D eigenvalue weighted by atomic mass is 9.84. The van der Waals surface area contributed by atoms with E-state index >= 15 is 0 Å². The zero-order valence-electron chi connectivity index (χ0n) is 20.4. The van der Waals surface area contributed by atoms with E-state index in [1.165, 1.54) is 35.5 Å². The van der Waals surface area contributed by atoms with E-state index in [9.17, 15) is 14.4 Å². The average molecular weight is 570 g/mol. The summed E-state index contributed by atoms with van der Waals surface area (Å²) in [5, 5.41) is 7.48. The molecule has 1 fully saturated rings. The number of aryl methyl sites for hydroxylation is 2. The second kappa shape index (κ2) is 10.3. The van der Waals surface area contributed by atoms with Gasteiger partial charge in [0.2, 0.25) is 0 Å². The summed E-state index contributed by atoms with van der Waals surface area (Å²) in [6.07, 6.45) is 8.35. The number of hydrogen-bond acceptors (Lipinski definition) is 5. The molecule has 0 radical (unpaired) electrons. The fourth-order valence-corrected chi connectivity index (χ4v) is 6.91. The summed E-state index contributed by atoms with van der Waals surface area (Å²) >= 11 is 4.99. The molecule has 188 valence electrons. The normalized spacial score (nSPS) is 16.9. The van der Waals surface area contributed by atoms with Crippen molar-refractivity contribution in [3.63, 3.8) is 0 Å². The van der Waals surface area contributed by atoms with Crippen LogP contribution in [0.3, 0.4) is 0 Å². The van der Waals surface area contributed by atoms with Crippen LogP contribution in [0.15, 0.2) is 41.0 Å². The van der Waals surface area contributed by atoms with Crippen LogP contribution in [0.2, 0.25) is 0 Å². The van der Waals surface area contributed by atoms with Crippen molar-refractivity contribution < 1.29 is 14.4 Å².